The summed E-state index contributed by atoms with van der Waals surface area (Å²) >= 11 is 0. The molecule has 1 unspecified atom stereocenters. The van der Waals surface area contributed by atoms with Crippen molar-refractivity contribution in [2.45, 2.75) is 90.3 Å². The van der Waals surface area contributed by atoms with Crippen LogP contribution in [0, 0.1) is 11.6 Å². The topological polar surface area (TPSA) is 74.7 Å². The molecule has 2 aromatic carbocycles. The number of aromatic nitrogens is 1. The van der Waals surface area contributed by atoms with Crippen LogP contribution in [0.3, 0.4) is 0 Å². The Balaban J connectivity index is 1.58. The zero-order chi connectivity index (χ0) is 32.8. The number of pyridine rings is 1. The van der Waals surface area contributed by atoms with Gasteiger partial charge in [0.15, 0.2) is 17.7 Å². The highest BCUT2D eigenvalue weighted by Crippen LogP contribution is 2.29. The van der Waals surface area contributed by atoms with E-state index in [2.05, 4.69) is 16.6 Å². The standard InChI is InChI=1S/C34H38F5NO5/c1-3-5-7-9-11-19-43-30-18-14-23(20-28(30)36)29-17-13-24(22-40-29)32(41)44-25-15-16-26(27(35)21-25)33(42)45-31(34(37,38)39)12-10-8-6-4-2/h13-18,20-22,31H,3-12,19H2,1-2H3. The van der Waals surface area contributed by atoms with E-state index in [1.54, 1.807) is 6.07 Å². The maximum Gasteiger partial charge on any atom is 0.425 e. The van der Waals surface area contributed by atoms with Gasteiger partial charge in [-0.05, 0) is 61.7 Å². The third-order valence-electron chi connectivity index (χ3n) is 7.04. The van der Waals surface area contributed by atoms with Gasteiger partial charge in [-0.15, -0.1) is 0 Å². The van der Waals surface area contributed by atoms with E-state index in [1.807, 2.05) is 6.92 Å². The first-order valence-corrected chi connectivity index (χ1v) is 15.2. The van der Waals surface area contributed by atoms with Crippen LogP contribution in [-0.2, 0) is 4.74 Å². The largest absolute Gasteiger partial charge is 0.491 e. The van der Waals surface area contributed by atoms with Crippen LogP contribution in [0.2, 0.25) is 0 Å². The van der Waals surface area contributed by atoms with Gasteiger partial charge in [-0.1, -0.05) is 58.8 Å². The Hall–Kier alpha value is -4.02. The Morgan fingerprint density at radius 1 is 0.800 bits per heavy atom. The minimum absolute atomic E-state index is 0.00207. The minimum Gasteiger partial charge on any atom is -0.491 e. The van der Waals surface area contributed by atoms with Gasteiger partial charge in [0.1, 0.15) is 11.6 Å². The molecule has 45 heavy (non-hydrogen) atoms. The van der Waals surface area contributed by atoms with Gasteiger partial charge in [-0.25, -0.2) is 18.4 Å². The number of halogens is 5. The quantitative estimate of drug-likeness (QED) is 0.0637. The van der Waals surface area contributed by atoms with Crippen molar-refractivity contribution >= 4 is 11.9 Å². The molecule has 1 heterocycles. The Morgan fingerprint density at radius 2 is 1.51 bits per heavy atom. The first-order valence-electron chi connectivity index (χ1n) is 15.2. The predicted molar refractivity (Wildman–Crippen MR) is 159 cm³/mol. The molecule has 3 rings (SSSR count). The molecule has 0 aliphatic heterocycles. The third-order valence-corrected chi connectivity index (χ3v) is 7.04. The second-order valence-electron chi connectivity index (χ2n) is 10.7. The molecule has 0 aliphatic carbocycles. The van der Waals surface area contributed by atoms with Gasteiger partial charge in [-0.3, -0.25) is 4.98 Å². The Kier molecular flexibility index (Phi) is 13.8. The van der Waals surface area contributed by atoms with Gasteiger partial charge in [-0.2, -0.15) is 13.2 Å². The van der Waals surface area contributed by atoms with E-state index in [1.165, 1.54) is 30.5 Å². The van der Waals surface area contributed by atoms with E-state index in [4.69, 9.17) is 9.47 Å². The van der Waals surface area contributed by atoms with Crippen LogP contribution in [0.1, 0.15) is 98.8 Å². The van der Waals surface area contributed by atoms with Crippen LogP contribution in [0.4, 0.5) is 22.0 Å². The number of esters is 2. The highest BCUT2D eigenvalue weighted by Gasteiger charge is 2.42. The Labute approximate surface area is 259 Å². The van der Waals surface area contributed by atoms with E-state index in [0.29, 0.717) is 30.4 Å². The Bertz CT molecular complexity index is 1390. The molecule has 0 fully saturated rings. The van der Waals surface area contributed by atoms with Gasteiger partial charge in [0.25, 0.3) is 0 Å². The second-order valence-corrected chi connectivity index (χ2v) is 10.7. The zero-order valence-corrected chi connectivity index (χ0v) is 25.4. The van der Waals surface area contributed by atoms with Crippen LogP contribution in [0.25, 0.3) is 11.3 Å². The normalized spacial score (nSPS) is 12.1. The van der Waals surface area contributed by atoms with Gasteiger partial charge in [0, 0.05) is 17.8 Å². The molecule has 0 bridgehead atoms. The summed E-state index contributed by atoms with van der Waals surface area (Å²) in [4.78, 5) is 29.1. The first-order chi connectivity index (χ1) is 21.5. The lowest BCUT2D eigenvalue weighted by Gasteiger charge is -2.21. The average molecular weight is 636 g/mol. The first kappa shape index (κ1) is 35.5. The van der Waals surface area contributed by atoms with E-state index >= 15 is 0 Å². The number of hydrogen-bond donors (Lipinski definition) is 0. The number of hydrogen-bond acceptors (Lipinski definition) is 6. The average Bonchev–Trinajstić information content (AvgIpc) is 3.00. The number of benzene rings is 2. The maximum atomic E-state index is 14.7. The van der Waals surface area contributed by atoms with Crippen molar-refractivity contribution in [1.29, 1.82) is 0 Å². The summed E-state index contributed by atoms with van der Waals surface area (Å²) in [5, 5.41) is 0. The summed E-state index contributed by atoms with van der Waals surface area (Å²) in [5.74, 6) is -4.27. The van der Waals surface area contributed by atoms with Crippen LogP contribution in [0.5, 0.6) is 11.5 Å². The van der Waals surface area contributed by atoms with Crippen LogP contribution in [-0.4, -0.2) is 35.8 Å². The molecule has 1 atom stereocenters. The molecule has 0 aliphatic rings. The Morgan fingerprint density at radius 3 is 2.13 bits per heavy atom. The summed E-state index contributed by atoms with van der Waals surface area (Å²) < 4.78 is 84.6. The molecule has 3 aromatic rings. The summed E-state index contributed by atoms with van der Waals surface area (Å²) in [7, 11) is 0. The number of carbonyl (C=O) groups is 2. The summed E-state index contributed by atoms with van der Waals surface area (Å²) in [6.07, 6.45) is 1.22. The van der Waals surface area contributed by atoms with Gasteiger partial charge in [0.05, 0.1) is 23.4 Å². The maximum absolute atomic E-state index is 14.7. The van der Waals surface area contributed by atoms with Crippen LogP contribution >= 0.6 is 0 Å². The van der Waals surface area contributed by atoms with Crippen LogP contribution < -0.4 is 9.47 Å². The zero-order valence-electron chi connectivity index (χ0n) is 25.4. The molecular weight excluding hydrogens is 597 g/mol. The third kappa shape index (κ3) is 11.1. The number of rotatable bonds is 17. The molecule has 0 amide bonds. The lowest BCUT2D eigenvalue weighted by molar-refractivity contribution is -0.206. The molecule has 6 nitrogen and oxygen atoms in total. The molecule has 244 valence electrons. The van der Waals surface area contributed by atoms with Crippen molar-refractivity contribution in [3.05, 3.63) is 77.5 Å². The second kappa shape index (κ2) is 17.5. The fourth-order valence-corrected chi connectivity index (χ4v) is 4.48. The summed E-state index contributed by atoms with van der Waals surface area (Å²) in [6.45, 7) is 4.46. The predicted octanol–water partition coefficient (Wildman–Crippen LogP) is 9.65. The monoisotopic (exact) mass is 635 g/mol. The van der Waals surface area contributed by atoms with Crippen molar-refractivity contribution in [2.24, 2.45) is 0 Å². The van der Waals surface area contributed by atoms with Crippen molar-refractivity contribution in [3.63, 3.8) is 0 Å². The van der Waals surface area contributed by atoms with E-state index in [-0.39, 0.29) is 23.5 Å². The molecule has 11 heteroatoms. The highest BCUT2D eigenvalue weighted by atomic mass is 19.4. The summed E-state index contributed by atoms with van der Waals surface area (Å²) in [5.41, 5.74) is 0.121. The molecule has 0 saturated heterocycles. The number of carbonyl (C=O) groups excluding carboxylic acids is 2. The molecule has 0 saturated carbocycles. The molecule has 0 N–H and O–H groups in total. The number of unbranched alkanes of at least 4 members (excludes halogenated alkanes) is 7. The van der Waals surface area contributed by atoms with E-state index in [9.17, 15) is 31.5 Å². The van der Waals surface area contributed by atoms with Crippen molar-refractivity contribution < 1.29 is 45.8 Å². The molecule has 1 aromatic heterocycles. The van der Waals surface area contributed by atoms with Crippen molar-refractivity contribution in [2.75, 3.05) is 6.61 Å². The van der Waals surface area contributed by atoms with Crippen molar-refractivity contribution in [3.8, 4) is 22.8 Å². The lowest BCUT2D eigenvalue weighted by Crippen LogP contribution is -2.34. The highest BCUT2D eigenvalue weighted by molar-refractivity contribution is 5.92. The SMILES string of the molecule is CCCCCCCOc1ccc(-c2ccc(C(=O)Oc3ccc(C(=O)OC(CCCCCC)C(F)(F)F)c(F)c3)cn2)cc1F. The van der Waals surface area contributed by atoms with Gasteiger partial charge in [0.2, 0.25) is 0 Å². The summed E-state index contributed by atoms with van der Waals surface area (Å²) in [6, 6.07) is 9.99. The number of ether oxygens (including phenoxy) is 3. The molecule has 0 radical (unpaired) electrons. The van der Waals surface area contributed by atoms with E-state index < -0.39 is 47.8 Å². The van der Waals surface area contributed by atoms with Crippen LogP contribution in [0.15, 0.2) is 54.7 Å². The fourth-order valence-electron chi connectivity index (χ4n) is 4.48. The molecule has 0 spiro atoms. The minimum atomic E-state index is -4.79. The van der Waals surface area contributed by atoms with E-state index in [0.717, 1.165) is 57.1 Å². The lowest BCUT2D eigenvalue weighted by atomic mass is 10.1. The van der Waals surface area contributed by atoms with Gasteiger partial charge >= 0.3 is 18.1 Å². The fraction of sp³-hybridized carbons (Fsp3) is 0.441. The number of nitrogens with zero attached hydrogens (tertiary/aromatic N) is 1. The van der Waals surface area contributed by atoms with Gasteiger partial charge < -0.3 is 14.2 Å². The molecular formula is C34H38F5NO5. The number of alkyl halides is 3. The smallest absolute Gasteiger partial charge is 0.425 e. The van der Waals surface area contributed by atoms with Crippen molar-refractivity contribution in [1.82, 2.24) is 4.98 Å².